The number of ether oxygens (including phenoxy) is 2. The predicted molar refractivity (Wildman–Crippen MR) is 95.1 cm³/mol. The van der Waals surface area contributed by atoms with Crippen LogP contribution in [0.2, 0.25) is 0 Å². The Hall–Kier alpha value is -1.05. The molecular weight excluding hydrogens is 385 g/mol. The minimum absolute atomic E-state index is 0.0930. The minimum atomic E-state index is -5.10. The Kier molecular flexibility index (Phi) is 11.3. The molecule has 0 aromatic carbocycles. The second kappa shape index (κ2) is 11.7. The molecule has 0 spiro atoms. The van der Waals surface area contributed by atoms with Crippen LogP contribution in [0.1, 0.15) is 73.1 Å². The first-order valence-electron chi connectivity index (χ1n) is 8.99. The molecule has 0 saturated heterocycles. The summed E-state index contributed by atoms with van der Waals surface area (Å²) in [5, 5.41) is 0. The third-order valence-corrected chi connectivity index (χ3v) is 5.85. The van der Waals surface area contributed by atoms with Gasteiger partial charge in [-0.25, -0.2) is 0 Å². The molecule has 7 nitrogen and oxygen atoms in total. The minimum Gasteiger partial charge on any atom is -0.438 e. The van der Waals surface area contributed by atoms with Crippen LogP contribution < -0.4 is 0 Å². The van der Waals surface area contributed by atoms with Crippen LogP contribution in [0.5, 0.6) is 0 Å². The lowest BCUT2D eigenvalue weighted by atomic mass is 9.97. The zero-order valence-corrected chi connectivity index (χ0v) is 17.6. The van der Waals surface area contributed by atoms with Crippen LogP contribution in [0, 0.1) is 5.41 Å². The zero-order valence-electron chi connectivity index (χ0n) is 16.7. The van der Waals surface area contributed by atoms with Crippen LogP contribution in [0.4, 0.5) is 8.78 Å². The van der Waals surface area contributed by atoms with Crippen molar-refractivity contribution >= 4 is 19.5 Å². The molecule has 0 bridgehead atoms. The van der Waals surface area contributed by atoms with Crippen molar-refractivity contribution in [1.82, 2.24) is 0 Å². The Morgan fingerprint density at radius 2 is 1.22 bits per heavy atom. The third kappa shape index (κ3) is 8.66. The molecule has 0 amide bonds. The molecular formula is C17H31F2O7P. The first-order chi connectivity index (χ1) is 12.4. The summed E-state index contributed by atoms with van der Waals surface area (Å²) in [7, 11) is -5.10. The van der Waals surface area contributed by atoms with Crippen LogP contribution in [-0.4, -0.2) is 31.2 Å². The highest BCUT2D eigenvalue weighted by molar-refractivity contribution is 7.55. The Labute approximate surface area is 159 Å². The van der Waals surface area contributed by atoms with E-state index in [9.17, 15) is 22.9 Å². The predicted octanol–water partition coefficient (Wildman–Crippen LogP) is 5.23. The van der Waals surface area contributed by atoms with Crippen molar-refractivity contribution in [3.8, 4) is 0 Å². The second-order valence-corrected chi connectivity index (χ2v) is 9.10. The van der Waals surface area contributed by atoms with Crippen molar-refractivity contribution in [2.75, 3.05) is 13.6 Å². The van der Waals surface area contributed by atoms with Crippen LogP contribution in [0.15, 0.2) is 0 Å². The normalized spacial score (nSPS) is 12.7. The van der Waals surface area contributed by atoms with Gasteiger partial charge in [0, 0.05) is 18.3 Å². The molecule has 0 aliphatic heterocycles. The molecule has 0 aromatic rings. The summed E-state index contributed by atoms with van der Waals surface area (Å²) in [6.07, 6.45) is 2.83. The summed E-state index contributed by atoms with van der Waals surface area (Å²) in [5.74, 6) is -1.32. The van der Waals surface area contributed by atoms with Gasteiger partial charge in [0.1, 0.15) is 0 Å². The Balaban J connectivity index is 4.94. The number of hydrogen-bond acceptors (Lipinski definition) is 7. The van der Waals surface area contributed by atoms with Gasteiger partial charge >= 0.3 is 25.2 Å². The summed E-state index contributed by atoms with van der Waals surface area (Å²) in [6.45, 7) is 5.33. The maximum absolute atomic E-state index is 14.6. The Morgan fingerprint density at radius 3 is 1.52 bits per heavy atom. The summed E-state index contributed by atoms with van der Waals surface area (Å²) >= 11 is 0. The number of rotatable bonds is 13. The smallest absolute Gasteiger partial charge is 0.405 e. The van der Waals surface area contributed by atoms with E-state index in [2.05, 4.69) is 18.5 Å². The molecule has 0 aliphatic rings. The highest BCUT2D eigenvalue weighted by atomic mass is 31.2. The Morgan fingerprint density at radius 1 is 0.852 bits per heavy atom. The number of esters is 2. The fourth-order valence-corrected chi connectivity index (χ4v) is 3.32. The summed E-state index contributed by atoms with van der Waals surface area (Å²) in [4.78, 5) is 22.9. The van der Waals surface area contributed by atoms with Crippen molar-refractivity contribution in [3.63, 3.8) is 0 Å². The first-order valence-corrected chi connectivity index (χ1v) is 10.5. The highest BCUT2D eigenvalue weighted by Gasteiger charge is 2.61. The molecule has 0 atom stereocenters. The van der Waals surface area contributed by atoms with Gasteiger partial charge in [0.05, 0.1) is 0 Å². The number of unbranched alkanes of at least 4 members (excludes halogenated alkanes) is 2. The molecule has 0 unspecified atom stereocenters. The molecule has 0 saturated carbocycles. The van der Waals surface area contributed by atoms with Crippen LogP contribution >= 0.6 is 7.60 Å². The number of carbonyl (C=O) groups excluding carboxylic acids is 2. The van der Waals surface area contributed by atoms with E-state index in [0.29, 0.717) is 12.8 Å². The quantitative estimate of drug-likeness (QED) is 0.231. The van der Waals surface area contributed by atoms with E-state index >= 15 is 0 Å². The van der Waals surface area contributed by atoms with E-state index in [0.717, 1.165) is 33.6 Å². The lowest BCUT2D eigenvalue weighted by Crippen LogP contribution is -2.36. The number of alkyl halides is 2. The SMILES string of the molecule is CCCCC(=O)OCOP(=O)(OCOC(=O)CCCC)C(F)(F)C(C)(C)C. The topological polar surface area (TPSA) is 88.1 Å². The molecule has 10 heteroatoms. The third-order valence-electron chi connectivity index (χ3n) is 3.60. The fraction of sp³-hybridized carbons (Fsp3) is 0.882. The van der Waals surface area contributed by atoms with Gasteiger partial charge in [0.2, 0.25) is 13.6 Å². The van der Waals surface area contributed by atoms with Crippen molar-refractivity contribution in [3.05, 3.63) is 0 Å². The van der Waals surface area contributed by atoms with E-state index in [-0.39, 0.29) is 12.8 Å². The van der Waals surface area contributed by atoms with Crippen LogP contribution in [0.25, 0.3) is 0 Å². The Bertz CT molecular complexity index is 488. The van der Waals surface area contributed by atoms with E-state index in [4.69, 9.17) is 0 Å². The van der Waals surface area contributed by atoms with Gasteiger partial charge in [0.25, 0.3) is 0 Å². The maximum atomic E-state index is 14.6. The van der Waals surface area contributed by atoms with Crippen LogP contribution in [-0.2, 0) is 32.7 Å². The lowest BCUT2D eigenvalue weighted by molar-refractivity contribution is -0.155. The van der Waals surface area contributed by atoms with Crippen molar-refractivity contribution in [2.24, 2.45) is 5.41 Å². The molecule has 0 rings (SSSR count). The highest BCUT2D eigenvalue weighted by Crippen LogP contribution is 2.67. The van der Waals surface area contributed by atoms with Gasteiger partial charge in [-0.3, -0.25) is 23.2 Å². The summed E-state index contributed by atoms with van der Waals surface area (Å²) in [6, 6.07) is 0. The van der Waals surface area contributed by atoms with Gasteiger partial charge in [-0.15, -0.1) is 0 Å². The number of hydrogen-bond donors (Lipinski definition) is 0. The molecule has 27 heavy (non-hydrogen) atoms. The van der Waals surface area contributed by atoms with E-state index in [1.54, 1.807) is 0 Å². The molecule has 0 aliphatic carbocycles. The summed E-state index contributed by atoms with van der Waals surface area (Å²) < 4.78 is 60.7. The molecule has 0 aromatic heterocycles. The molecule has 0 N–H and O–H groups in total. The first kappa shape index (κ1) is 26.0. The van der Waals surface area contributed by atoms with Gasteiger partial charge < -0.3 is 9.47 Å². The van der Waals surface area contributed by atoms with E-state index in [1.165, 1.54) is 0 Å². The average molecular weight is 416 g/mol. The van der Waals surface area contributed by atoms with E-state index < -0.39 is 44.2 Å². The molecule has 0 heterocycles. The number of halogens is 2. The molecule has 0 fully saturated rings. The number of carbonyl (C=O) groups is 2. The van der Waals surface area contributed by atoms with Gasteiger partial charge in [-0.1, -0.05) is 47.5 Å². The maximum Gasteiger partial charge on any atom is 0.405 e. The fourth-order valence-electron chi connectivity index (χ4n) is 1.72. The standard InChI is InChI=1S/C17H31F2O7P/c1-6-8-10-14(20)23-12-25-27(22,17(18,19)16(3,4)5)26-13-24-15(21)11-9-7-2/h6-13H2,1-5H3. The van der Waals surface area contributed by atoms with Crippen LogP contribution in [0.3, 0.4) is 0 Å². The van der Waals surface area contributed by atoms with Gasteiger partial charge in [-0.2, -0.15) is 8.78 Å². The lowest BCUT2D eigenvalue weighted by Gasteiger charge is -2.34. The molecule has 160 valence electrons. The summed E-state index contributed by atoms with van der Waals surface area (Å²) in [5.41, 5.74) is -5.69. The van der Waals surface area contributed by atoms with Crippen molar-refractivity contribution in [1.29, 1.82) is 0 Å². The zero-order chi connectivity index (χ0) is 21.1. The van der Waals surface area contributed by atoms with Gasteiger partial charge in [-0.05, 0) is 12.8 Å². The monoisotopic (exact) mass is 416 g/mol. The van der Waals surface area contributed by atoms with Gasteiger partial charge in [0.15, 0.2) is 0 Å². The second-order valence-electron chi connectivity index (χ2n) is 7.02. The molecule has 0 radical (unpaired) electrons. The van der Waals surface area contributed by atoms with E-state index in [1.807, 2.05) is 13.8 Å². The van der Waals surface area contributed by atoms with Crippen molar-refractivity contribution in [2.45, 2.75) is 78.8 Å². The van der Waals surface area contributed by atoms with Crippen molar-refractivity contribution < 1.29 is 41.5 Å². The average Bonchev–Trinajstić information content (AvgIpc) is 2.56. The largest absolute Gasteiger partial charge is 0.438 e.